The SMILES string of the molecule is CCCCCCCCCCCCCCCC[C@H](CCC)c1[nH]cc[n+]1Cc1ccccc1. The summed E-state index contributed by atoms with van der Waals surface area (Å²) in [4.78, 5) is 3.57. The molecule has 1 atom stereocenters. The van der Waals surface area contributed by atoms with E-state index >= 15 is 0 Å². The van der Waals surface area contributed by atoms with Gasteiger partial charge in [-0.25, -0.2) is 9.55 Å². The summed E-state index contributed by atoms with van der Waals surface area (Å²) >= 11 is 0. The summed E-state index contributed by atoms with van der Waals surface area (Å²) in [7, 11) is 0. The van der Waals surface area contributed by atoms with Gasteiger partial charge in [-0.15, -0.1) is 0 Å². The topological polar surface area (TPSA) is 19.7 Å². The molecule has 0 amide bonds. The van der Waals surface area contributed by atoms with E-state index in [1.165, 1.54) is 121 Å². The zero-order valence-electron chi connectivity index (χ0n) is 21.3. The van der Waals surface area contributed by atoms with Crippen LogP contribution >= 0.6 is 0 Å². The molecule has 0 aliphatic heterocycles. The predicted octanol–water partition coefficient (Wildman–Crippen LogP) is 9.11. The van der Waals surface area contributed by atoms with Gasteiger partial charge in [-0.3, -0.25) is 0 Å². The molecular weight excluding hydrogens is 388 g/mol. The van der Waals surface area contributed by atoms with Crippen molar-refractivity contribution in [3.63, 3.8) is 0 Å². The monoisotopic (exact) mass is 439 g/mol. The Morgan fingerprint density at radius 2 is 1.22 bits per heavy atom. The van der Waals surface area contributed by atoms with E-state index in [9.17, 15) is 0 Å². The minimum absolute atomic E-state index is 0.663. The zero-order chi connectivity index (χ0) is 22.7. The Labute approximate surface area is 199 Å². The van der Waals surface area contributed by atoms with Crippen LogP contribution in [0.4, 0.5) is 0 Å². The molecule has 0 fully saturated rings. The third-order valence-corrected chi connectivity index (χ3v) is 6.92. The number of unbranched alkanes of at least 4 members (excludes halogenated alkanes) is 13. The van der Waals surface area contributed by atoms with Gasteiger partial charge in [-0.05, 0) is 18.4 Å². The van der Waals surface area contributed by atoms with Crippen molar-refractivity contribution in [2.45, 2.75) is 135 Å². The second-order valence-electron chi connectivity index (χ2n) is 9.83. The van der Waals surface area contributed by atoms with E-state index in [2.05, 4.69) is 66.1 Å². The van der Waals surface area contributed by atoms with Gasteiger partial charge in [0, 0.05) is 0 Å². The van der Waals surface area contributed by atoms with Crippen molar-refractivity contribution in [2.75, 3.05) is 0 Å². The summed E-state index contributed by atoms with van der Waals surface area (Å²) in [5.74, 6) is 2.08. The van der Waals surface area contributed by atoms with E-state index in [0.717, 1.165) is 6.54 Å². The lowest BCUT2D eigenvalue weighted by Gasteiger charge is -2.13. The van der Waals surface area contributed by atoms with Crippen molar-refractivity contribution < 1.29 is 4.57 Å². The Morgan fingerprint density at radius 3 is 1.78 bits per heavy atom. The van der Waals surface area contributed by atoms with Crippen molar-refractivity contribution in [1.82, 2.24) is 4.98 Å². The molecule has 180 valence electrons. The highest BCUT2D eigenvalue weighted by Crippen LogP contribution is 2.24. The summed E-state index contributed by atoms with van der Waals surface area (Å²) in [6.07, 6.45) is 28.3. The third-order valence-electron chi connectivity index (χ3n) is 6.92. The molecule has 0 spiro atoms. The third kappa shape index (κ3) is 11.3. The average Bonchev–Trinajstić information content (AvgIpc) is 3.27. The molecule has 2 rings (SSSR count). The molecule has 0 bridgehead atoms. The van der Waals surface area contributed by atoms with Crippen LogP contribution < -0.4 is 4.57 Å². The normalized spacial score (nSPS) is 12.3. The van der Waals surface area contributed by atoms with Crippen LogP contribution in [0.25, 0.3) is 0 Å². The van der Waals surface area contributed by atoms with Crippen LogP contribution in [-0.2, 0) is 6.54 Å². The summed E-state index contributed by atoms with van der Waals surface area (Å²) in [5.41, 5.74) is 1.38. The number of aromatic amines is 1. The molecular formula is C30H51N2+. The number of benzene rings is 1. The molecule has 0 radical (unpaired) electrons. The molecule has 0 unspecified atom stereocenters. The molecule has 2 heteroatoms. The lowest BCUT2D eigenvalue weighted by Crippen LogP contribution is -2.38. The molecule has 0 saturated heterocycles. The first kappa shape index (κ1) is 26.7. The van der Waals surface area contributed by atoms with E-state index in [1.807, 2.05) is 0 Å². The van der Waals surface area contributed by atoms with Gasteiger partial charge in [-0.2, -0.15) is 0 Å². The number of nitrogens with one attached hydrogen (secondary N) is 1. The summed E-state index contributed by atoms with van der Waals surface area (Å²) in [6, 6.07) is 10.8. The average molecular weight is 440 g/mol. The maximum atomic E-state index is 3.57. The first-order valence-electron chi connectivity index (χ1n) is 14.0. The van der Waals surface area contributed by atoms with Gasteiger partial charge >= 0.3 is 0 Å². The largest absolute Gasteiger partial charge is 0.257 e. The number of nitrogens with zero attached hydrogens (tertiary/aromatic N) is 1. The number of hydrogen-bond donors (Lipinski definition) is 1. The maximum absolute atomic E-state index is 3.57. The number of H-pyrrole nitrogens is 1. The second-order valence-corrected chi connectivity index (χ2v) is 9.83. The molecule has 0 saturated carbocycles. The standard InChI is InChI=1S/C30H50N2/c1-3-5-6-7-8-9-10-11-12-13-14-15-16-20-24-29(21-4-2)30-31-25-26-32(30)27-28-22-18-17-19-23-28/h17-19,22-23,25-26,29H,3-16,20-21,24,27H2,1-2H3/p+1/t29-/m0/s1. The van der Waals surface area contributed by atoms with Crippen LogP contribution in [0.3, 0.4) is 0 Å². The lowest BCUT2D eigenvalue weighted by atomic mass is 9.95. The Balaban J connectivity index is 1.56. The predicted molar refractivity (Wildman–Crippen MR) is 139 cm³/mol. The second kappa shape index (κ2) is 17.9. The quantitative estimate of drug-likeness (QED) is 0.157. The Kier molecular flexibility index (Phi) is 14.9. The number of aromatic nitrogens is 2. The van der Waals surface area contributed by atoms with Crippen molar-refractivity contribution in [3.8, 4) is 0 Å². The number of hydrogen-bond acceptors (Lipinski definition) is 0. The summed E-state index contributed by atoms with van der Waals surface area (Å²) in [6.45, 7) is 5.59. The van der Waals surface area contributed by atoms with E-state index < -0.39 is 0 Å². The highest BCUT2D eigenvalue weighted by molar-refractivity contribution is 5.13. The maximum Gasteiger partial charge on any atom is 0.257 e. The van der Waals surface area contributed by atoms with Gasteiger partial charge in [0.25, 0.3) is 5.82 Å². The lowest BCUT2D eigenvalue weighted by molar-refractivity contribution is -0.695. The molecule has 0 aliphatic rings. The molecule has 1 aromatic carbocycles. The molecule has 2 aromatic rings. The molecule has 32 heavy (non-hydrogen) atoms. The van der Waals surface area contributed by atoms with Crippen molar-refractivity contribution >= 4 is 0 Å². The van der Waals surface area contributed by atoms with Gasteiger partial charge in [0.15, 0.2) is 0 Å². The van der Waals surface area contributed by atoms with Crippen molar-refractivity contribution in [1.29, 1.82) is 0 Å². The van der Waals surface area contributed by atoms with Crippen molar-refractivity contribution in [3.05, 3.63) is 54.1 Å². The van der Waals surface area contributed by atoms with E-state index in [0.29, 0.717) is 5.92 Å². The molecule has 0 aliphatic carbocycles. The van der Waals surface area contributed by atoms with Crippen LogP contribution in [0.2, 0.25) is 0 Å². The molecule has 1 aromatic heterocycles. The fourth-order valence-corrected chi connectivity index (χ4v) is 5.00. The number of rotatable bonds is 20. The zero-order valence-corrected chi connectivity index (χ0v) is 21.3. The van der Waals surface area contributed by atoms with E-state index in [1.54, 1.807) is 0 Å². The van der Waals surface area contributed by atoms with Crippen molar-refractivity contribution in [2.24, 2.45) is 0 Å². The summed E-state index contributed by atoms with van der Waals surface area (Å²) in [5, 5.41) is 0. The van der Waals surface area contributed by atoms with Gasteiger partial charge in [0.2, 0.25) is 0 Å². The van der Waals surface area contributed by atoms with Gasteiger partial charge in [0.1, 0.15) is 18.9 Å². The van der Waals surface area contributed by atoms with Crippen LogP contribution in [0, 0.1) is 0 Å². The fourth-order valence-electron chi connectivity index (χ4n) is 5.00. The Bertz CT molecular complexity index is 660. The highest BCUT2D eigenvalue weighted by atomic mass is 15.1. The molecule has 2 nitrogen and oxygen atoms in total. The first-order valence-corrected chi connectivity index (χ1v) is 14.0. The minimum Gasteiger partial charge on any atom is -0.247 e. The van der Waals surface area contributed by atoms with Crippen LogP contribution in [0.1, 0.15) is 140 Å². The van der Waals surface area contributed by atoms with Crippen LogP contribution in [-0.4, -0.2) is 4.98 Å². The smallest absolute Gasteiger partial charge is 0.247 e. The Hall–Kier alpha value is -1.57. The Morgan fingerprint density at radius 1 is 0.656 bits per heavy atom. The molecule has 1 heterocycles. The first-order chi connectivity index (χ1) is 15.8. The highest BCUT2D eigenvalue weighted by Gasteiger charge is 2.22. The fraction of sp³-hybridized carbons (Fsp3) is 0.700. The summed E-state index contributed by atoms with van der Waals surface area (Å²) < 4.78 is 2.43. The van der Waals surface area contributed by atoms with Gasteiger partial charge in [0.05, 0.1) is 5.92 Å². The van der Waals surface area contributed by atoms with Crippen LogP contribution in [0.15, 0.2) is 42.7 Å². The molecule has 1 N–H and O–H groups in total. The van der Waals surface area contributed by atoms with Crippen LogP contribution in [0.5, 0.6) is 0 Å². The van der Waals surface area contributed by atoms with E-state index in [-0.39, 0.29) is 0 Å². The van der Waals surface area contributed by atoms with E-state index in [4.69, 9.17) is 0 Å². The minimum atomic E-state index is 0.663. The van der Waals surface area contributed by atoms with Gasteiger partial charge in [-0.1, -0.05) is 140 Å². The van der Waals surface area contributed by atoms with Gasteiger partial charge < -0.3 is 0 Å². The number of imidazole rings is 1.